The average Bonchev–Trinajstić information content (AvgIpc) is 2.38. The fraction of sp³-hybridized carbons (Fsp3) is 0.500. The van der Waals surface area contributed by atoms with Gasteiger partial charge in [-0.25, -0.2) is 0 Å². The fourth-order valence-electron chi connectivity index (χ4n) is 1.58. The Hall–Kier alpha value is -1.15. The van der Waals surface area contributed by atoms with Gasteiger partial charge < -0.3 is 10.1 Å². The summed E-state index contributed by atoms with van der Waals surface area (Å²) in [5.74, 6) is 0. The highest BCUT2D eigenvalue weighted by molar-refractivity contribution is 7.90. The molecule has 19 heavy (non-hydrogen) atoms. The Bertz CT molecular complexity index is 491. The molecule has 0 heterocycles. The van der Waals surface area contributed by atoms with Crippen molar-refractivity contribution in [2.75, 3.05) is 32.0 Å². The van der Waals surface area contributed by atoms with Crippen LogP contribution in [0.5, 0.6) is 0 Å². The molecular weight excluding hydrogens is 266 g/mol. The normalized spacial score (nSPS) is 13.2. The summed E-state index contributed by atoms with van der Waals surface area (Å²) in [5, 5.41) is 3.08. The number of methoxy groups -OCH3 is 1. The third-order valence-corrected chi connectivity index (χ3v) is 3.78. The van der Waals surface area contributed by atoms with E-state index >= 15 is 0 Å². The van der Waals surface area contributed by atoms with Gasteiger partial charge >= 0.3 is 0 Å². The van der Waals surface area contributed by atoms with E-state index in [-0.39, 0.29) is 12.6 Å². The molecule has 1 atom stereocenters. The van der Waals surface area contributed by atoms with Crippen molar-refractivity contribution < 1.29 is 13.2 Å². The predicted molar refractivity (Wildman–Crippen MR) is 76.3 cm³/mol. The second-order valence-electron chi connectivity index (χ2n) is 4.09. The van der Waals surface area contributed by atoms with E-state index in [1.54, 1.807) is 12.1 Å². The first kappa shape index (κ1) is 15.9. The maximum atomic E-state index is 11.8. The lowest BCUT2D eigenvalue weighted by atomic mass is 10.1. The molecule has 0 radical (unpaired) electrons. The summed E-state index contributed by atoms with van der Waals surface area (Å²) >= 11 is 0. The summed E-state index contributed by atoms with van der Waals surface area (Å²) < 4.78 is 33.4. The van der Waals surface area contributed by atoms with Crippen LogP contribution in [0.4, 0.5) is 5.69 Å². The monoisotopic (exact) mass is 287 g/mol. The second kappa shape index (κ2) is 7.44. The number of anilines is 1. The lowest BCUT2D eigenvalue weighted by Crippen LogP contribution is -2.33. The van der Waals surface area contributed by atoms with Gasteiger partial charge in [-0.3, -0.25) is 4.72 Å². The molecule has 0 aromatic heterocycles. The van der Waals surface area contributed by atoms with Crippen molar-refractivity contribution in [3.63, 3.8) is 0 Å². The van der Waals surface area contributed by atoms with Crippen molar-refractivity contribution in [1.82, 2.24) is 10.0 Å². The van der Waals surface area contributed by atoms with Crippen molar-refractivity contribution in [1.29, 1.82) is 0 Å². The molecule has 0 bridgehead atoms. The molecule has 0 aliphatic carbocycles. The van der Waals surface area contributed by atoms with Crippen LogP contribution in [0.3, 0.4) is 0 Å². The summed E-state index contributed by atoms with van der Waals surface area (Å²) in [6.45, 7) is 2.52. The van der Waals surface area contributed by atoms with Crippen LogP contribution in [0.25, 0.3) is 0 Å². The van der Waals surface area contributed by atoms with Crippen LogP contribution < -0.4 is 14.8 Å². The Morgan fingerprint density at radius 3 is 2.63 bits per heavy atom. The summed E-state index contributed by atoms with van der Waals surface area (Å²) in [6, 6.07) is 7.34. The van der Waals surface area contributed by atoms with Crippen molar-refractivity contribution >= 4 is 15.9 Å². The topological polar surface area (TPSA) is 79.5 Å². The first-order chi connectivity index (χ1) is 9.00. The number of nitrogens with one attached hydrogen (secondary N) is 3. The largest absolute Gasteiger partial charge is 0.383 e. The maximum Gasteiger partial charge on any atom is 0.299 e. The Balaban J connectivity index is 2.81. The van der Waals surface area contributed by atoms with Gasteiger partial charge in [0, 0.05) is 19.7 Å². The van der Waals surface area contributed by atoms with Crippen LogP contribution in [0.2, 0.25) is 0 Å². The molecule has 6 nitrogen and oxygen atoms in total. The first-order valence-electron chi connectivity index (χ1n) is 6.02. The van der Waals surface area contributed by atoms with Crippen molar-refractivity contribution in [2.24, 2.45) is 0 Å². The molecular formula is C12H21N3O3S. The van der Waals surface area contributed by atoms with Gasteiger partial charge in [0.05, 0.1) is 12.3 Å². The lowest BCUT2D eigenvalue weighted by molar-refractivity contribution is 0.204. The highest BCUT2D eigenvalue weighted by atomic mass is 32.2. The van der Waals surface area contributed by atoms with Crippen molar-refractivity contribution in [3.8, 4) is 0 Å². The van der Waals surface area contributed by atoms with E-state index in [0.29, 0.717) is 12.3 Å². The summed E-state index contributed by atoms with van der Waals surface area (Å²) in [6.07, 6.45) is 0. The fourth-order valence-corrected chi connectivity index (χ4v) is 2.48. The van der Waals surface area contributed by atoms with E-state index in [0.717, 1.165) is 5.56 Å². The highest BCUT2D eigenvalue weighted by Crippen LogP contribution is 2.22. The summed E-state index contributed by atoms with van der Waals surface area (Å²) in [5.41, 5.74) is 1.45. The number of ether oxygens (including phenoxy) is 1. The average molecular weight is 287 g/mol. The number of hydrogen-bond donors (Lipinski definition) is 3. The minimum Gasteiger partial charge on any atom is -0.383 e. The Kier molecular flexibility index (Phi) is 6.23. The number of benzene rings is 1. The zero-order valence-electron chi connectivity index (χ0n) is 11.4. The van der Waals surface area contributed by atoms with Gasteiger partial charge in [0.15, 0.2) is 0 Å². The molecule has 0 fully saturated rings. The lowest BCUT2D eigenvalue weighted by Gasteiger charge is -2.17. The van der Waals surface area contributed by atoms with Gasteiger partial charge in [-0.15, -0.1) is 0 Å². The Labute approximate surface area is 114 Å². The van der Waals surface area contributed by atoms with E-state index in [1.807, 2.05) is 26.1 Å². The van der Waals surface area contributed by atoms with Gasteiger partial charge in [0.2, 0.25) is 0 Å². The summed E-state index contributed by atoms with van der Waals surface area (Å²) in [4.78, 5) is 0. The van der Waals surface area contributed by atoms with Crippen molar-refractivity contribution in [2.45, 2.75) is 13.0 Å². The van der Waals surface area contributed by atoms with Gasteiger partial charge in [0.25, 0.3) is 10.2 Å². The highest BCUT2D eigenvalue weighted by Gasteiger charge is 2.14. The van der Waals surface area contributed by atoms with Crippen LogP contribution >= 0.6 is 0 Å². The van der Waals surface area contributed by atoms with E-state index in [2.05, 4.69) is 14.8 Å². The Morgan fingerprint density at radius 1 is 1.32 bits per heavy atom. The third kappa shape index (κ3) is 5.15. The number of hydrogen-bond acceptors (Lipinski definition) is 4. The van der Waals surface area contributed by atoms with Crippen LogP contribution in [0.15, 0.2) is 24.3 Å². The Morgan fingerprint density at radius 2 is 2.00 bits per heavy atom. The molecule has 7 heteroatoms. The van der Waals surface area contributed by atoms with Crippen LogP contribution in [0.1, 0.15) is 18.5 Å². The summed E-state index contributed by atoms with van der Waals surface area (Å²) in [7, 11) is -0.233. The third-order valence-electron chi connectivity index (χ3n) is 2.70. The van der Waals surface area contributed by atoms with E-state index < -0.39 is 10.2 Å². The molecule has 0 amide bonds. The molecule has 0 saturated carbocycles. The molecule has 3 N–H and O–H groups in total. The molecule has 1 rings (SSSR count). The first-order valence-corrected chi connectivity index (χ1v) is 7.51. The van der Waals surface area contributed by atoms with Gasteiger partial charge in [-0.2, -0.15) is 13.1 Å². The smallest absolute Gasteiger partial charge is 0.299 e. The zero-order chi connectivity index (χ0) is 14.3. The minimum absolute atomic E-state index is 0.0536. The minimum atomic E-state index is -3.58. The number of rotatable bonds is 8. The predicted octanol–water partition coefficient (Wildman–Crippen LogP) is 0.860. The number of para-hydroxylation sites is 1. The maximum absolute atomic E-state index is 11.8. The molecule has 108 valence electrons. The van der Waals surface area contributed by atoms with Crippen LogP contribution in [-0.2, 0) is 14.9 Å². The van der Waals surface area contributed by atoms with Gasteiger partial charge in [-0.05, 0) is 25.6 Å². The van der Waals surface area contributed by atoms with Crippen molar-refractivity contribution in [3.05, 3.63) is 29.8 Å². The molecule has 0 aliphatic rings. The van der Waals surface area contributed by atoms with Gasteiger partial charge in [-0.1, -0.05) is 18.2 Å². The zero-order valence-corrected chi connectivity index (χ0v) is 12.3. The molecule has 0 saturated heterocycles. The molecule has 0 aliphatic heterocycles. The van der Waals surface area contributed by atoms with Gasteiger partial charge in [0.1, 0.15) is 0 Å². The van der Waals surface area contributed by atoms with E-state index in [1.165, 1.54) is 7.11 Å². The molecule has 1 aromatic carbocycles. The van der Waals surface area contributed by atoms with Crippen LogP contribution in [-0.4, -0.2) is 35.7 Å². The quantitative estimate of drug-likeness (QED) is 0.620. The standard InChI is InChI=1S/C12H21N3O3S/c1-10(13-2)11-6-4-5-7-12(11)15-19(16,17)14-8-9-18-3/h4-7,10,13-15H,8-9H2,1-3H3. The van der Waals surface area contributed by atoms with E-state index in [4.69, 9.17) is 4.74 Å². The molecule has 1 aromatic rings. The molecule has 1 unspecified atom stereocenters. The SMILES string of the molecule is CNC(C)c1ccccc1NS(=O)(=O)NCCOC. The van der Waals surface area contributed by atoms with Crippen LogP contribution in [0, 0.1) is 0 Å². The molecule has 0 spiro atoms. The van der Waals surface area contributed by atoms with E-state index in [9.17, 15) is 8.42 Å². The second-order valence-corrected chi connectivity index (χ2v) is 5.59.